The van der Waals surface area contributed by atoms with Gasteiger partial charge in [0.05, 0.1) is 5.69 Å². The molecule has 0 aliphatic carbocycles. The summed E-state index contributed by atoms with van der Waals surface area (Å²) in [5, 5.41) is 7.28. The minimum atomic E-state index is 0.875. The van der Waals surface area contributed by atoms with Crippen molar-refractivity contribution >= 4 is 102 Å². The van der Waals surface area contributed by atoms with E-state index in [-0.39, 0.29) is 0 Å². The van der Waals surface area contributed by atoms with E-state index in [0.717, 1.165) is 39.0 Å². The van der Waals surface area contributed by atoms with Crippen LogP contribution in [0.4, 0.5) is 17.1 Å². The molecule has 0 amide bonds. The second kappa shape index (κ2) is 13.3. The molecule has 12 rings (SSSR count). The van der Waals surface area contributed by atoms with Crippen LogP contribution in [0, 0.1) is 0 Å². The Bertz CT molecular complexity index is 3510. The van der Waals surface area contributed by atoms with E-state index in [1.54, 1.807) is 0 Å². The van der Waals surface area contributed by atoms with Crippen molar-refractivity contribution in [3.8, 4) is 33.4 Å². The molecule has 3 heterocycles. The third-order valence-electron chi connectivity index (χ3n) is 11.5. The van der Waals surface area contributed by atoms with Crippen molar-refractivity contribution in [1.29, 1.82) is 0 Å². The van der Waals surface area contributed by atoms with Crippen molar-refractivity contribution in [2.45, 2.75) is 0 Å². The fraction of sp³-hybridized carbons (Fsp3) is 0. The van der Waals surface area contributed by atoms with E-state index in [0.29, 0.717) is 0 Å². The van der Waals surface area contributed by atoms with Crippen LogP contribution in [-0.2, 0) is 0 Å². The van der Waals surface area contributed by atoms with Gasteiger partial charge in [-0.2, -0.15) is 0 Å². The molecular formula is C54H33NOS2. The van der Waals surface area contributed by atoms with Crippen molar-refractivity contribution in [1.82, 2.24) is 0 Å². The number of fused-ring (bicyclic) bond motifs is 9. The number of benzene rings is 9. The minimum absolute atomic E-state index is 0.875. The number of rotatable bonds is 6. The highest BCUT2D eigenvalue weighted by atomic mass is 32.1. The van der Waals surface area contributed by atoms with Gasteiger partial charge in [-0.25, -0.2) is 0 Å². The summed E-state index contributed by atoms with van der Waals surface area (Å²) in [7, 11) is 0. The molecule has 0 unspecified atom stereocenters. The predicted octanol–water partition coefficient (Wildman–Crippen LogP) is 16.8. The van der Waals surface area contributed by atoms with Gasteiger partial charge in [-0.05, 0) is 94.0 Å². The van der Waals surface area contributed by atoms with Crippen LogP contribution in [0.3, 0.4) is 0 Å². The highest BCUT2D eigenvalue weighted by Gasteiger charge is 2.23. The fourth-order valence-electron chi connectivity index (χ4n) is 8.80. The molecule has 9 aromatic carbocycles. The first-order valence-corrected chi connectivity index (χ1v) is 21.2. The maximum absolute atomic E-state index is 6.57. The lowest BCUT2D eigenvalue weighted by Crippen LogP contribution is -2.10. The van der Waals surface area contributed by atoms with Crippen LogP contribution in [0.25, 0.3) is 95.7 Å². The fourth-order valence-corrected chi connectivity index (χ4v) is 11.2. The lowest BCUT2D eigenvalue weighted by molar-refractivity contribution is 0.669. The summed E-state index contributed by atoms with van der Waals surface area (Å²) in [6.45, 7) is 0. The van der Waals surface area contributed by atoms with Crippen LogP contribution in [0.15, 0.2) is 205 Å². The van der Waals surface area contributed by atoms with E-state index in [1.165, 1.54) is 73.7 Å². The van der Waals surface area contributed by atoms with E-state index < -0.39 is 0 Å². The lowest BCUT2D eigenvalue weighted by Gasteiger charge is -2.27. The van der Waals surface area contributed by atoms with Gasteiger partial charge in [-0.15, -0.1) is 22.7 Å². The molecule has 0 aliphatic heterocycles. The van der Waals surface area contributed by atoms with E-state index in [2.05, 4.69) is 205 Å². The lowest BCUT2D eigenvalue weighted by atomic mass is 9.98. The Morgan fingerprint density at radius 3 is 1.81 bits per heavy atom. The molecule has 0 fully saturated rings. The van der Waals surface area contributed by atoms with Gasteiger partial charge in [0, 0.05) is 62.5 Å². The Kier molecular flexibility index (Phi) is 7.62. The zero-order chi connectivity index (χ0) is 38.2. The van der Waals surface area contributed by atoms with E-state index in [9.17, 15) is 0 Å². The summed E-state index contributed by atoms with van der Waals surface area (Å²) in [6.07, 6.45) is 0. The zero-order valence-electron chi connectivity index (χ0n) is 31.2. The number of anilines is 3. The number of hydrogen-bond donors (Lipinski definition) is 0. The first kappa shape index (κ1) is 33.2. The van der Waals surface area contributed by atoms with Crippen LogP contribution < -0.4 is 4.90 Å². The van der Waals surface area contributed by atoms with Crippen LogP contribution in [0.1, 0.15) is 0 Å². The molecule has 0 radical (unpaired) electrons. The second-order valence-electron chi connectivity index (χ2n) is 14.8. The average molecular weight is 776 g/mol. The quantitative estimate of drug-likeness (QED) is 0.167. The number of nitrogens with zero attached hydrogens (tertiary/aromatic N) is 1. The molecule has 0 spiro atoms. The normalized spacial score (nSPS) is 11.8. The molecule has 3 aromatic heterocycles. The molecule has 272 valence electrons. The molecule has 4 heteroatoms. The van der Waals surface area contributed by atoms with Gasteiger partial charge in [0.25, 0.3) is 0 Å². The maximum atomic E-state index is 6.57. The summed E-state index contributed by atoms with van der Waals surface area (Å²) in [4.78, 5) is 2.48. The van der Waals surface area contributed by atoms with Crippen LogP contribution in [0.5, 0.6) is 0 Å². The van der Waals surface area contributed by atoms with Gasteiger partial charge in [-0.3, -0.25) is 0 Å². The van der Waals surface area contributed by atoms with Crippen molar-refractivity contribution < 1.29 is 4.42 Å². The SMILES string of the molecule is c1ccc(-c2ccc3c(c2)sc2c(-c4ccccc4)ccc(N(c4ccc5sc6ccccc6c5c4)c4ccc5oc6cccc(-c7ccccc7)c6c5c4)c23)cc1. The predicted molar refractivity (Wildman–Crippen MR) is 250 cm³/mol. The van der Waals surface area contributed by atoms with E-state index >= 15 is 0 Å². The third-order valence-corrected chi connectivity index (χ3v) is 13.8. The highest BCUT2D eigenvalue weighted by Crippen LogP contribution is 2.50. The van der Waals surface area contributed by atoms with Gasteiger partial charge in [0.1, 0.15) is 11.2 Å². The van der Waals surface area contributed by atoms with E-state index in [4.69, 9.17) is 4.42 Å². The molecule has 0 saturated carbocycles. The second-order valence-corrected chi connectivity index (χ2v) is 17.0. The van der Waals surface area contributed by atoms with E-state index in [1.807, 2.05) is 22.7 Å². The smallest absolute Gasteiger partial charge is 0.136 e. The molecule has 0 bridgehead atoms. The summed E-state index contributed by atoms with van der Waals surface area (Å²) >= 11 is 3.74. The Balaban J connectivity index is 1.16. The summed E-state index contributed by atoms with van der Waals surface area (Å²) in [5.74, 6) is 0. The van der Waals surface area contributed by atoms with Crippen molar-refractivity contribution in [2.24, 2.45) is 0 Å². The molecule has 0 saturated heterocycles. The number of furan rings is 1. The van der Waals surface area contributed by atoms with Gasteiger partial charge in [-0.1, -0.05) is 140 Å². The Morgan fingerprint density at radius 1 is 0.345 bits per heavy atom. The van der Waals surface area contributed by atoms with Crippen LogP contribution in [-0.4, -0.2) is 0 Å². The molecule has 0 atom stereocenters. The average Bonchev–Trinajstić information content (AvgIpc) is 3.98. The Labute approximate surface area is 343 Å². The van der Waals surface area contributed by atoms with Crippen molar-refractivity contribution in [2.75, 3.05) is 4.90 Å². The topological polar surface area (TPSA) is 16.4 Å². The molecule has 0 N–H and O–H groups in total. The van der Waals surface area contributed by atoms with Gasteiger partial charge in [0.2, 0.25) is 0 Å². The monoisotopic (exact) mass is 775 g/mol. The highest BCUT2D eigenvalue weighted by molar-refractivity contribution is 7.26. The van der Waals surface area contributed by atoms with Gasteiger partial charge in [0.15, 0.2) is 0 Å². The molecule has 58 heavy (non-hydrogen) atoms. The van der Waals surface area contributed by atoms with Crippen LogP contribution in [0.2, 0.25) is 0 Å². The number of hydrogen-bond acceptors (Lipinski definition) is 4. The van der Waals surface area contributed by atoms with Crippen LogP contribution >= 0.6 is 22.7 Å². The molecule has 2 nitrogen and oxygen atoms in total. The standard InChI is InChI=1S/C54H33NOS2/c1-4-13-34(14-5-1)37-23-26-43-51(31-37)58-54-41(36-17-8-3-9-18-36)27-28-46(53(43)54)55(39-25-30-50-44(32-39)42-19-10-11-22-49(42)57-50)38-24-29-47-45(33-38)52-40(20-12-21-48(52)56-47)35-15-6-2-7-16-35/h1-33H. The van der Waals surface area contributed by atoms with Gasteiger partial charge < -0.3 is 9.32 Å². The molecule has 0 aliphatic rings. The summed E-state index contributed by atoms with van der Waals surface area (Å²) in [5.41, 5.74) is 12.3. The zero-order valence-corrected chi connectivity index (χ0v) is 32.9. The Morgan fingerprint density at radius 2 is 1.02 bits per heavy atom. The largest absolute Gasteiger partial charge is 0.456 e. The van der Waals surface area contributed by atoms with Gasteiger partial charge >= 0.3 is 0 Å². The molecular weight excluding hydrogens is 743 g/mol. The Hall–Kier alpha value is -6.98. The summed E-state index contributed by atoms with van der Waals surface area (Å²) in [6, 6.07) is 72.7. The first-order chi connectivity index (χ1) is 28.7. The summed E-state index contributed by atoms with van der Waals surface area (Å²) < 4.78 is 11.7. The number of thiophene rings is 2. The minimum Gasteiger partial charge on any atom is -0.456 e. The van der Waals surface area contributed by atoms with Crippen molar-refractivity contribution in [3.63, 3.8) is 0 Å². The first-order valence-electron chi connectivity index (χ1n) is 19.6. The maximum Gasteiger partial charge on any atom is 0.136 e. The third kappa shape index (κ3) is 5.30. The van der Waals surface area contributed by atoms with Crippen molar-refractivity contribution in [3.05, 3.63) is 200 Å². The molecule has 12 aromatic rings.